The van der Waals surface area contributed by atoms with Crippen LogP contribution >= 0.6 is 0 Å². The summed E-state index contributed by atoms with van der Waals surface area (Å²) in [7, 11) is 2.37. The standard InChI is InChI=1S/C10H19N3O7/c1-6(2)8(9(14)15)12(4)13(17)11-20-7(3)19-10(16)18-5/h6-8H,1-5H3,(H,14,15)/b13-11-/t7?,8-/m0/s1. The largest absolute Gasteiger partial charge is 0.569 e. The minimum Gasteiger partial charge on any atom is -0.569 e. The number of rotatable bonds is 7. The Hall–Kier alpha value is -2.26. The molecule has 0 saturated heterocycles. The van der Waals surface area contributed by atoms with Gasteiger partial charge < -0.3 is 19.8 Å². The van der Waals surface area contributed by atoms with E-state index in [1.807, 2.05) is 0 Å². The molecule has 0 aliphatic rings. The van der Waals surface area contributed by atoms with Crippen LogP contribution in [0, 0.1) is 11.1 Å². The van der Waals surface area contributed by atoms with Gasteiger partial charge in [-0.1, -0.05) is 13.8 Å². The topological polar surface area (TPSA) is 124 Å². The van der Waals surface area contributed by atoms with E-state index in [4.69, 9.17) is 5.11 Å². The van der Waals surface area contributed by atoms with Gasteiger partial charge in [0.1, 0.15) is 0 Å². The van der Waals surface area contributed by atoms with Crippen molar-refractivity contribution in [1.82, 2.24) is 5.01 Å². The highest BCUT2D eigenvalue weighted by atomic mass is 16.8. The van der Waals surface area contributed by atoms with Crippen LogP contribution in [0.25, 0.3) is 0 Å². The molecule has 1 N–H and O–H groups in total. The lowest BCUT2D eigenvalue weighted by Crippen LogP contribution is -2.45. The van der Waals surface area contributed by atoms with Crippen molar-refractivity contribution in [3.8, 4) is 0 Å². The highest BCUT2D eigenvalue weighted by Gasteiger charge is 2.32. The number of hydrogen-bond donors (Lipinski definition) is 1. The van der Waals surface area contributed by atoms with E-state index in [0.29, 0.717) is 0 Å². The third-order valence-electron chi connectivity index (χ3n) is 2.25. The molecular formula is C10H19N3O7. The quantitative estimate of drug-likeness (QED) is 0.242. The maximum atomic E-state index is 11.6. The maximum Gasteiger partial charge on any atom is 0.511 e. The normalized spacial score (nSPS) is 14.4. The molecule has 10 nitrogen and oxygen atoms in total. The molecule has 0 fully saturated rings. The number of nitrogens with zero attached hydrogens (tertiary/aromatic N) is 3. The molecule has 2 atom stereocenters. The zero-order valence-corrected chi connectivity index (χ0v) is 12.0. The molecule has 0 aromatic carbocycles. The van der Waals surface area contributed by atoms with Crippen molar-refractivity contribution in [3.05, 3.63) is 5.21 Å². The number of likely N-dealkylation sites (N-methyl/N-ethyl adjacent to an activating group) is 1. The third-order valence-corrected chi connectivity index (χ3v) is 2.25. The predicted octanol–water partition coefficient (Wildman–Crippen LogP) is 0.965. The Kier molecular flexibility index (Phi) is 7.11. The molecule has 0 radical (unpaired) electrons. The first-order valence-corrected chi connectivity index (χ1v) is 5.74. The molecule has 20 heavy (non-hydrogen) atoms. The Morgan fingerprint density at radius 2 is 1.90 bits per heavy atom. The molecule has 0 amide bonds. The molecule has 0 aromatic heterocycles. The van der Waals surface area contributed by atoms with E-state index in [0.717, 1.165) is 12.1 Å². The van der Waals surface area contributed by atoms with E-state index in [1.54, 1.807) is 13.8 Å². The van der Waals surface area contributed by atoms with Crippen LogP contribution in [-0.2, 0) is 19.1 Å². The molecule has 0 aliphatic heterocycles. The average Bonchev–Trinajstić information content (AvgIpc) is 2.34. The SMILES string of the molecule is COC(=O)OC(C)O/N=[N+](\[O-])N(C)[C@H](C(=O)O)C(C)C. The lowest BCUT2D eigenvalue weighted by atomic mass is 10.1. The van der Waals surface area contributed by atoms with Gasteiger partial charge in [0.05, 0.1) is 19.1 Å². The number of carboxylic acid groups (broad SMARTS) is 1. The van der Waals surface area contributed by atoms with E-state index < -0.39 is 24.5 Å². The van der Waals surface area contributed by atoms with Crippen molar-refractivity contribution >= 4 is 12.1 Å². The molecule has 0 rings (SSSR count). The van der Waals surface area contributed by atoms with Crippen LogP contribution < -0.4 is 0 Å². The first-order chi connectivity index (χ1) is 9.20. The summed E-state index contributed by atoms with van der Waals surface area (Å²) in [6.07, 6.45) is -2.15. The van der Waals surface area contributed by atoms with Gasteiger partial charge in [-0.15, -0.1) is 5.01 Å². The Labute approximate surface area is 116 Å². The number of ether oxygens (including phenoxy) is 2. The third kappa shape index (κ3) is 5.59. The summed E-state index contributed by atoms with van der Waals surface area (Å²) < 4.78 is 8.72. The Morgan fingerprint density at radius 3 is 2.30 bits per heavy atom. The molecule has 0 aromatic rings. The van der Waals surface area contributed by atoms with Gasteiger partial charge in [0, 0.05) is 6.92 Å². The summed E-state index contributed by atoms with van der Waals surface area (Å²) in [6, 6.07) is -1.07. The fourth-order valence-corrected chi connectivity index (χ4v) is 1.35. The van der Waals surface area contributed by atoms with Crippen LogP contribution in [0.5, 0.6) is 0 Å². The summed E-state index contributed by atoms with van der Waals surface area (Å²) in [4.78, 5) is 26.3. The molecule has 0 saturated carbocycles. The first kappa shape index (κ1) is 17.7. The van der Waals surface area contributed by atoms with Gasteiger partial charge in [-0.25, -0.2) is 9.59 Å². The molecule has 116 valence electrons. The highest BCUT2D eigenvalue weighted by Crippen LogP contribution is 2.10. The van der Waals surface area contributed by atoms with Crippen LogP contribution in [0.15, 0.2) is 5.28 Å². The van der Waals surface area contributed by atoms with Crippen molar-refractivity contribution in [2.24, 2.45) is 11.2 Å². The number of hydrogen-bond acceptors (Lipinski definition) is 7. The summed E-state index contributed by atoms with van der Waals surface area (Å²) in [6.45, 7) is 4.60. The summed E-state index contributed by atoms with van der Waals surface area (Å²) in [5, 5.41) is 24.5. The fraction of sp³-hybridized carbons (Fsp3) is 0.800. The van der Waals surface area contributed by atoms with E-state index in [2.05, 4.69) is 19.6 Å². The van der Waals surface area contributed by atoms with Crippen LogP contribution in [0.1, 0.15) is 20.8 Å². The molecule has 0 aliphatic carbocycles. The van der Waals surface area contributed by atoms with Crippen molar-refractivity contribution in [2.45, 2.75) is 33.1 Å². The number of hydrazine groups is 1. The zero-order valence-electron chi connectivity index (χ0n) is 12.0. The molecule has 0 bridgehead atoms. The molecule has 0 spiro atoms. The lowest BCUT2D eigenvalue weighted by Gasteiger charge is -2.23. The smallest absolute Gasteiger partial charge is 0.511 e. The zero-order chi connectivity index (χ0) is 15.9. The Bertz CT molecular complexity index is 372. The highest BCUT2D eigenvalue weighted by molar-refractivity contribution is 5.73. The molecule has 1 unspecified atom stereocenters. The number of carboxylic acids is 1. The number of carbonyl (C=O) groups excluding carboxylic acids is 1. The average molecular weight is 293 g/mol. The van der Waals surface area contributed by atoms with Gasteiger partial charge in [-0.2, -0.15) is 0 Å². The second-order valence-electron chi connectivity index (χ2n) is 4.18. The summed E-state index contributed by atoms with van der Waals surface area (Å²) in [5.41, 5.74) is 0. The monoisotopic (exact) mass is 293 g/mol. The van der Waals surface area contributed by atoms with Gasteiger partial charge >= 0.3 is 12.1 Å². The minimum absolute atomic E-state index is 0.0318. The van der Waals surface area contributed by atoms with Crippen LogP contribution in [-0.4, -0.2) is 53.7 Å². The van der Waals surface area contributed by atoms with Crippen molar-refractivity contribution < 1.29 is 34.0 Å². The lowest BCUT2D eigenvalue weighted by molar-refractivity contribution is -0.713. The Morgan fingerprint density at radius 1 is 1.35 bits per heavy atom. The van der Waals surface area contributed by atoms with Gasteiger partial charge in [-0.3, -0.25) is 4.84 Å². The van der Waals surface area contributed by atoms with Gasteiger partial charge in [0.25, 0.3) is 6.29 Å². The molecule has 0 heterocycles. The summed E-state index contributed by atoms with van der Waals surface area (Å²) >= 11 is 0. The molecule has 10 heteroatoms. The van der Waals surface area contributed by atoms with Gasteiger partial charge in [0.2, 0.25) is 5.28 Å². The van der Waals surface area contributed by atoms with E-state index in [9.17, 15) is 14.8 Å². The minimum atomic E-state index is -1.17. The maximum absolute atomic E-state index is 11.6. The van der Waals surface area contributed by atoms with Crippen LogP contribution in [0.3, 0.4) is 0 Å². The Balaban J connectivity index is 4.63. The van der Waals surface area contributed by atoms with Crippen molar-refractivity contribution in [2.75, 3.05) is 14.2 Å². The van der Waals surface area contributed by atoms with Gasteiger partial charge in [-0.05, 0) is 5.92 Å². The van der Waals surface area contributed by atoms with Crippen LogP contribution in [0.4, 0.5) is 4.79 Å². The summed E-state index contributed by atoms with van der Waals surface area (Å²) in [5.74, 6) is -1.50. The van der Waals surface area contributed by atoms with Gasteiger partial charge in [0.15, 0.2) is 6.04 Å². The fourth-order valence-electron chi connectivity index (χ4n) is 1.35. The molecular weight excluding hydrogens is 274 g/mol. The van der Waals surface area contributed by atoms with E-state index in [1.165, 1.54) is 14.0 Å². The van der Waals surface area contributed by atoms with Crippen molar-refractivity contribution in [1.29, 1.82) is 0 Å². The number of aliphatic carboxylic acids is 1. The number of methoxy groups -OCH3 is 1. The number of carbonyl (C=O) groups is 2. The second kappa shape index (κ2) is 8.02. The predicted molar refractivity (Wildman–Crippen MR) is 64.1 cm³/mol. The first-order valence-electron chi connectivity index (χ1n) is 5.74. The van der Waals surface area contributed by atoms with Crippen LogP contribution in [0.2, 0.25) is 0 Å². The van der Waals surface area contributed by atoms with E-state index in [-0.39, 0.29) is 10.9 Å². The van der Waals surface area contributed by atoms with Crippen molar-refractivity contribution in [3.63, 3.8) is 0 Å². The second-order valence-corrected chi connectivity index (χ2v) is 4.18. The van der Waals surface area contributed by atoms with E-state index >= 15 is 0 Å².